The molecule has 41 heavy (non-hydrogen) atoms. The molecule has 0 aliphatic heterocycles. The van der Waals surface area contributed by atoms with Crippen LogP contribution in [-0.4, -0.2) is 77.8 Å². The molecule has 0 saturated heterocycles. The van der Waals surface area contributed by atoms with Gasteiger partial charge in [-0.1, -0.05) is 54.6 Å². The normalized spacial score (nSPS) is 19.4. The molecule has 1 fully saturated rings. The Hall–Kier alpha value is -3.53. The van der Waals surface area contributed by atoms with Gasteiger partial charge < -0.3 is 15.5 Å². The minimum atomic E-state index is -1.04. The third-order valence-corrected chi connectivity index (χ3v) is 8.70. The van der Waals surface area contributed by atoms with Crippen LogP contribution >= 0.6 is 11.3 Å². The number of fused-ring (bicyclic) bond motifs is 1. The second-order valence-corrected chi connectivity index (χ2v) is 12.9. The number of benzene rings is 2. The van der Waals surface area contributed by atoms with E-state index in [0.717, 1.165) is 21.2 Å². The number of rotatable bonds is 11. The summed E-state index contributed by atoms with van der Waals surface area (Å²) < 4.78 is 0. The van der Waals surface area contributed by atoms with E-state index in [9.17, 15) is 14.4 Å². The number of likely N-dealkylation sites (N-methyl/N-ethyl adjacent to an activating group) is 2. The highest BCUT2D eigenvalue weighted by Crippen LogP contribution is 2.56. The highest BCUT2D eigenvalue weighted by Gasteiger charge is 2.65. The van der Waals surface area contributed by atoms with Crippen LogP contribution in [0.1, 0.15) is 43.0 Å². The van der Waals surface area contributed by atoms with E-state index < -0.39 is 17.1 Å². The summed E-state index contributed by atoms with van der Waals surface area (Å²) in [4.78, 5) is 45.4. The molecule has 3 aromatic rings. The summed E-state index contributed by atoms with van der Waals surface area (Å²) in [5.41, 5.74) is 8.40. The number of carbonyl (C=O) groups excluding carboxylic acids is 3. The zero-order chi connectivity index (χ0) is 29.9. The smallest absolute Gasteiger partial charge is 0.260 e. The van der Waals surface area contributed by atoms with Gasteiger partial charge >= 0.3 is 0 Å². The molecule has 3 atom stereocenters. The number of hydrogen-bond donors (Lipinski definition) is 2. The molecule has 218 valence electrons. The summed E-state index contributed by atoms with van der Waals surface area (Å²) in [7, 11) is 6.83. The summed E-state index contributed by atoms with van der Waals surface area (Å²) >= 11 is 1.58. The third kappa shape index (κ3) is 6.86. The van der Waals surface area contributed by atoms with Crippen LogP contribution < -0.4 is 11.2 Å². The lowest BCUT2D eigenvalue weighted by Crippen LogP contribution is -2.58. The van der Waals surface area contributed by atoms with Gasteiger partial charge in [0.15, 0.2) is 0 Å². The van der Waals surface area contributed by atoms with Gasteiger partial charge in [0, 0.05) is 50.9 Å². The maximum Gasteiger partial charge on any atom is 0.260 e. The summed E-state index contributed by atoms with van der Waals surface area (Å²) in [5, 5.41) is 5.74. The Bertz CT molecular complexity index is 1430. The molecule has 0 spiro atoms. The highest BCUT2D eigenvalue weighted by atomic mass is 32.1. The Morgan fingerprint density at radius 3 is 2.41 bits per heavy atom. The Balaban J connectivity index is 1.67. The van der Waals surface area contributed by atoms with Gasteiger partial charge in [-0.05, 0) is 60.5 Å². The van der Waals surface area contributed by atoms with Crippen molar-refractivity contribution < 1.29 is 14.4 Å². The molecule has 3 N–H and O–H groups in total. The van der Waals surface area contributed by atoms with Crippen molar-refractivity contribution in [1.29, 1.82) is 0 Å². The van der Waals surface area contributed by atoms with Crippen LogP contribution in [0.3, 0.4) is 0 Å². The average molecular weight is 576 g/mol. The molecular formula is C32H41N5O3S. The number of hydrogen-bond acceptors (Lipinski definition) is 6. The van der Waals surface area contributed by atoms with Crippen molar-refractivity contribution in [3.05, 3.63) is 82.6 Å². The van der Waals surface area contributed by atoms with Crippen molar-refractivity contribution in [1.82, 2.24) is 20.2 Å². The standard InChI is InChI=1S/C32H41N5O3S/c1-31(2,33)17-9-14-28(38)36(5)26(20-22-15-16-23-11-7-8-12-24(23)19-22)29(39)37(6)32(30(40)34-35(3)4)21-25(32)27-13-10-18-41-27/h7-16,18-19,25-26H,17,20-21,33H2,1-6H3,(H,34,40)/b14-9+/t25-,26-,32+/m1/s1. The van der Waals surface area contributed by atoms with Gasteiger partial charge in [0.1, 0.15) is 11.6 Å². The van der Waals surface area contributed by atoms with Crippen molar-refractivity contribution >= 4 is 39.8 Å². The van der Waals surface area contributed by atoms with E-state index in [-0.39, 0.29) is 23.6 Å². The van der Waals surface area contributed by atoms with Gasteiger partial charge in [0.2, 0.25) is 11.8 Å². The average Bonchev–Trinajstić information content (AvgIpc) is 3.44. The van der Waals surface area contributed by atoms with Crippen LogP contribution in [0.2, 0.25) is 0 Å². The van der Waals surface area contributed by atoms with Crippen molar-refractivity contribution in [2.24, 2.45) is 5.73 Å². The number of thiophene rings is 1. The van der Waals surface area contributed by atoms with Crippen molar-refractivity contribution in [3.63, 3.8) is 0 Å². The molecular weight excluding hydrogens is 534 g/mol. The quantitative estimate of drug-likeness (QED) is 0.267. The molecule has 0 bridgehead atoms. The fraction of sp³-hybridized carbons (Fsp3) is 0.406. The second kappa shape index (κ2) is 12.1. The van der Waals surface area contributed by atoms with E-state index in [0.29, 0.717) is 19.3 Å². The fourth-order valence-corrected chi connectivity index (χ4v) is 6.20. The number of amides is 3. The molecule has 0 unspecified atom stereocenters. The summed E-state index contributed by atoms with van der Waals surface area (Å²) in [6.45, 7) is 3.79. The molecule has 1 saturated carbocycles. The minimum Gasteiger partial charge on any atom is -0.330 e. The Morgan fingerprint density at radius 2 is 1.78 bits per heavy atom. The molecule has 2 aromatic carbocycles. The van der Waals surface area contributed by atoms with Crippen LogP contribution in [0.4, 0.5) is 0 Å². The lowest BCUT2D eigenvalue weighted by atomic mass is 9.98. The predicted octanol–water partition coefficient (Wildman–Crippen LogP) is 3.93. The number of nitrogens with zero attached hydrogens (tertiary/aromatic N) is 3. The molecule has 0 radical (unpaired) electrons. The first-order chi connectivity index (χ1) is 19.3. The van der Waals surface area contributed by atoms with E-state index in [4.69, 9.17) is 5.73 Å². The largest absolute Gasteiger partial charge is 0.330 e. The first-order valence-corrected chi connectivity index (χ1v) is 14.7. The number of carbonyl (C=O) groups is 3. The van der Waals surface area contributed by atoms with Gasteiger partial charge in [-0.2, -0.15) is 0 Å². The van der Waals surface area contributed by atoms with E-state index in [1.165, 1.54) is 11.0 Å². The highest BCUT2D eigenvalue weighted by molar-refractivity contribution is 7.10. The van der Waals surface area contributed by atoms with E-state index in [1.54, 1.807) is 55.5 Å². The SMILES string of the molecule is CN(C)NC(=O)[C@]1(N(C)C(=O)[C@@H](Cc2ccc3ccccc3c2)N(C)C(=O)/C=C/CC(C)(C)N)C[C@@H]1c1cccs1. The first kappa shape index (κ1) is 30.4. The summed E-state index contributed by atoms with van der Waals surface area (Å²) in [6, 6.07) is 17.3. The third-order valence-electron chi connectivity index (χ3n) is 7.71. The van der Waals surface area contributed by atoms with Crippen LogP contribution in [-0.2, 0) is 20.8 Å². The maximum absolute atomic E-state index is 14.4. The Labute approximate surface area is 246 Å². The van der Waals surface area contributed by atoms with E-state index >= 15 is 0 Å². The maximum atomic E-state index is 14.4. The molecule has 3 amide bonds. The number of nitrogens with one attached hydrogen (secondary N) is 1. The molecule has 1 aromatic heterocycles. The molecule has 4 rings (SSSR count). The molecule has 1 aliphatic rings. The first-order valence-electron chi connectivity index (χ1n) is 13.8. The Morgan fingerprint density at radius 1 is 1.07 bits per heavy atom. The summed E-state index contributed by atoms with van der Waals surface area (Å²) in [6.07, 6.45) is 4.57. The zero-order valence-electron chi connectivity index (χ0n) is 24.8. The van der Waals surface area contributed by atoms with Crippen molar-refractivity contribution in [2.75, 3.05) is 28.2 Å². The monoisotopic (exact) mass is 575 g/mol. The Kier molecular flexibility index (Phi) is 9.01. The van der Waals surface area contributed by atoms with Gasteiger partial charge in [-0.25, -0.2) is 5.01 Å². The molecule has 9 heteroatoms. The van der Waals surface area contributed by atoms with Crippen LogP contribution in [0.5, 0.6) is 0 Å². The van der Waals surface area contributed by atoms with Crippen LogP contribution in [0.25, 0.3) is 10.8 Å². The lowest BCUT2D eigenvalue weighted by molar-refractivity contribution is -0.148. The van der Waals surface area contributed by atoms with Gasteiger partial charge in [-0.15, -0.1) is 11.3 Å². The molecule has 1 aliphatic carbocycles. The summed E-state index contributed by atoms with van der Waals surface area (Å²) in [5.74, 6) is -0.931. The topological polar surface area (TPSA) is 99.0 Å². The molecule has 1 heterocycles. The van der Waals surface area contributed by atoms with Crippen molar-refractivity contribution in [2.45, 2.75) is 56.1 Å². The fourth-order valence-electron chi connectivity index (χ4n) is 5.29. The van der Waals surface area contributed by atoms with Gasteiger partial charge in [-0.3, -0.25) is 19.8 Å². The van der Waals surface area contributed by atoms with Crippen LogP contribution in [0.15, 0.2) is 72.1 Å². The minimum absolute atomic E-state index is 0.120. The zero-order valence-corrected chi connectivity index (χ0v) is 25.6. The predicted molar refractivity (Wildman–Crippen MR) is 165 cm³/mol. The van der Waals surface area contributed by atoms with E-state index in [2.05, 4.69) is 11.5 Å². The van der Waals surface area contributed by atoms with Gasteiger partial charge in [0.25, 0.3) is 5.91 Å². The van der Waals surface area contributed by atoms with Gasteiger partial charge in [0.05, 0.1) is 0 Å². The second-order valence-electron chi connectivity index (χ2n) is 11.9. The number of hydrazine groups is 1. The van der Waals surface area contributed by atoms with Crippen LogP contribution in [0, 0.1) is 0 Å². The van der Waals surface area contributed by atoms with E-state index in [1.807, 2.05) is 67.8 Å². The lowest BCUT2D eigenvalue weighted by Gasteiger charge is -2.35. The molecule has 8 nitrogen and oxygen atoms in total. The number of nitrogens with two attached hydrogens (primary N) is 1. The van der Waals surface area contributed by atoms with Crippen molar-refractivity contribution in [3.8, 4) is 0 Å².